The Balaban J connectivity index is 1.41. The van der Waals surface area contributed by atoms with E-state index in [-0.39, 0.29) is 5.91 Å². The van der Waals surface area contributed by atoms with Gasteiger partial charge in [-0.1, -0.05) is 36.4 Å². The highest BCUT2D eigenvalue weighted by Gasteiger charge is 2.19. The van der Waals surface area contributed by atoms with Crippen LogP contribution in [0.3, 0.4) is 0 Å². The van der Waals surface area contributed by atoms with Gasteiger partial charge in [-0.3, -0.25) is 9.78 Å². The quantitative estimate of drug-likeness (QED) is 0.390. The third kappa shape index (κ3) is 4.27. The van der Waals surface area contributed by atoms with Gasteiger partial charge >= 0.3 is 0 Å². The molecule has 0 bridgehead atoms. The Hall–Kier alpha value is -4.26. The molecule has 7 heteroatoms. The normalized spacial score (nSPS) is 11.0. The molecule has 0 radical (unpaired) electrons. The molecule has 0 aliphatic carbocycles. The number of fused-ring (bicyclic) bond motifs is 1. The minimum atomic E-state index is -0.129. The van der Waals surface area contributed by atoms with Crippen LogP contribution < -0.4 is 0 Å². The fourth-order valence-electron chi connectivity index (χ4n) is 3.65. The van der Waals surface area contributed by atoms with E-state index in [1.807, 2.05) is 53.2 Å². The van der Waals surface area contributed by atoms with Gasteiger partial charge in [0.05, 0.1) is 31.1 Å². The fraction of sp³-hybridized carbons (Fsp3) is 0.120. The maximum Gasteiger partial charge on any atom is 0.256 e. The highest BCUT2D eigenvalue weighted by molar-refractivity contribution is 5.96. The van der Waals surface area contributed by atoms with E-state index in [4.69, 9.17) is 4.42 Å². The van der Waals surface area contributed by atoms with Crippen LogP contribution in [0.25, 0.3) is 11.0 Å². The number of benzene rings is 1. The van der Waals surface area contributed by atoms with Gasteiger partial charge in [0.2, 0.25) is 0 Å². The summed E-state index contributed by atoms with van der Waals surface area (Å²) in [5.74, 6) is 0.586. The van der Waals surface area contributed by atoms with Gasteiger partial charge in [-0.15, -0.1) is 0 Å². The van der Waals surface area contributed by atoms with Gasteiger partial charge in [-0.25, -0.2) is 9.67 Å². The molecule has 1 aromatic carbocycles. The molecule has 0 unspecified atom stereocenters. The Morgan fingerprint density at radius 3 is 2.59 bits per heavy atom. The third-order valence-corrected chi connectivity index (χ3v) is 5.21. The number of amides is 1. The van der Waals surface area contributed by atoms with Crippen molar-refractivity contribution in [2.75, 3.05) is 0 Å². The molecule has 0 atom stereocenters. The van der Waals surface area contributed by atoms with Gasteiger partial charge in [-0.2, -0.15) is 5.10 Å². The lowest BCUT2D eigenvalue weighted by molar-refractivity contribution is 0.0717. The molecule has 0 aliphatic heterocycles. The van der Waals surface area contributed by atoms with Crippen LogP contribution in [0.1, 0.15) is 27.2 Å². The minimum absolute atomic E-state index is 0.129. The molecule has 4 heterocycles. The van der Waals surface area contributed by atoms with Crippen LogP contribution in [0.2, 0.25) is 0 Å². The molecule has 5 rings (SSSR count). The highest BCUT2D eigenvalue weighted by Crippen LogP contribution is 2.18. The third-order valence-electron chi connectivity index (χ3n) is 5.21. The zero-order valence-corrected chi connectivity index (χ0v) is 17.3. The summed E-state index contributed by atoms with van der Waals surface area (Å²) >= 11 is 0. The number of hydrogen-bond donors (Lipinski definition) is 0. The average Bonchev–Trinajstić information content (AvgIpc) is 3.49. The maximum atomic E-state index is 13.4. The largest absolute Gasteiger partial charge is 0.467 e. The van der Waals surface area contributed by atoms with E-state index in [2.05, 4.69) is 27.2 Å². The summed E-state index contributed by atoms with van der Waals surface area (Å²) in [6.45, 7) is 1.39. The first-order chi connectivity index (χ1) is 15.8. The monoisotopic (exact) mass is 423 g/mol. The van der Waals surface area contributed by atoms with Gasteiger partial charge in [0.15, 0.2) is 5.65 Å². The van der Waals surface area contributed by atoms with Crippen molar-refractivity contribution in [1.82, 2.24) is 24.6 Å². The zero-order valence-electron chi connectivity index (χ0n) is 17.3. The second-order valence-corrected chi connectivity index (χ2v) is 7.53. The van der Waals surface area contributed by atoms with Gasteiger partial charge < -0.3 is 9.32 Å². The first kappa shape index (κ1) is 19.7. The van der Waals surface area contributed by atoms with Crippen LogP contribution in [0, 0.1) is 0 Å². The molecular formula is C25H21N5O2. The van der Waals surface area contributed by atoms with E-state index in [0.717, 1.165) is 22.2 Å². The molecule has 0 N–H and O–H groups in total. The Morgan fingerprint density at radius 1 is 0.938 bits per heavy atom. The number of furan rings is 1. The van der Waals surface area contributed by atoms with E-state index in [9.17, 15) is 4.79 Å². The number of carbonyl (C=O) groups excluding carboxylic acids is 1. The van der Waals surface area contributed by atoms with Gasteiger partial charge in [0.25, 0.3) is 5.91 Å². The van der Waals surface area contributed by atoms with Crippen molar-refractivity contribution >= 4 is 16.9 Å². The SMILES string of the molecule is O=C(c1cnc2c(cnn2Cc2ccccc2)c1)N(Cc1cccnc1)Cc1ccco1. The molecule has 0 fully saturated rings. The van der Waals surface area contributed by atoms with Crippen molar-refractivity contribution in [2.45, 2.75) is 19.6 Å². The smallest absolute Gasteiger partial charge is 0.256 e. The van der Waals surface area contributed by atoms with Crippen LogP contribution in [-0.4, -0.2) is 30.6 Å². The first-order valence-corrected chi connectivity index (χ1v) is 10.3. The molecule has 32 heavy (non-hydrogen) atoms. The lowest BCUT2D eigenvalue weighted by Gasteiger charge is -2.21. The number of nitrogens with zero attached hydrogens (tertiary/aromatic N) is 5. The molecule has 158 valence electrons. The fourth-order valence-corrected chi connectivity index (χ4v) is 3.65. The summed E-state index contributed by atoms with van der Waals surface area (Å²) < 4.78 is 7.32. The number of aromatic nitrogens is 4. The number of carbonyl (C=O) groups is 1. The van der Waals surface area contributed by atoms with Crippen molar-refractivity contribution in [2.24, 2.45) is 0 Å². The predicted octanol–water partition coefficient (Wildman–Crippen LogP) is 4.31. The molecular weight excluding hydrogens is 402 g/mol. The van der Waals surface area contributed by atoms with E-state index < -0.39 is 0 Å². The number of hydrogen-bond acceptors (Lipinski definition) is 5. The first-order valence-electron chi connectivity index (χ1n) is 10.3. The minimum Gasteiger partial charge on any atom is -0.467 e. The summed E-state index contributed by atoms with van der Waals surface area (Å²) in [6, 6.07) is 19.4. The lowest BCUT2D eigenvalue weighted by atomic mass is 10.2. The van der Waals surface area contributed by atoms with Crippen LogP contribution >= 0.6 is 0 Å². The van der Waals surface area contributed by atoms with Gasteiger partial charge in [0, 0.05) is 30.5 Å². The Kier molecular flexibility index (Phi) is 5.45. The number of rotatable bonds is 7. The molecule has 0 spiro atoms. The summed E-state index contributed by atoms with van der Waals surface area (Å²) in [7, 11) is 0. The van der Waals surface area contributed by atoms with Crippen molar-refractivity contribution in [3.05, 3.63) is 114 Å². The number of pyridine rings is 2. The van der Waals surface area contributed by atoms with Crippen LogP contribution in [0.4, 0.5) is 0 Å². The van der Waals surface area contributed by atoms with Gasteiger partial charge in [-0.05, 0) is 35.4 Å². The molecule has 0 aliphatic rings. The Morgan fingerprint density at radius 2 is 1.81 bits per heavy atom. The molecule has 0 saturated heterocycles. The molecule has 5 aromatic rings. The standard InChI is InChI=1S/C25H21N5O2/c31-25(29(18-23-9-5-11-32-23)16-20-8-4-10-26-13-20)22-12-21-15-28-30(24(21)27-14-22)17-19-6-2-1-3-7-19/h1-15H,16-18H2. The van der Waals surface area contributed by atoms with Crippen molar-refractivity contribution in [3.63, 3.8) is 0 Å². The van der Waals surface area contributed by atoms with Crippen molar-refractivity contribution < 1.29 is 9.21 Å². The molecule has 7 nitrogen and oxygen atoms in total. The summed E-state index contributed by atoms with van der Waals surface area (Å²) in [4.78, 5) is 23.9. The lowest BCUT2D eigenvalue weighted by Crippen LogP contribution is -2.30. The summed E-state index contributed by atoms with van der Waals surface area (Å²) in [5.41, 5.74) is 3.33. The second kappa shape index (κ2) is 8.85. The van der Waals surface area contributed by atoms with Crippen LogP contribution in [0.5, 0.6) is 0 Å². The Labute approximate surface area is 185 Å². The second-order valence-electron chi connectivity index (χ2n) is 7.53. The van der Waals surface area contributed by atoms with E-state index >= 15 is 0 Å². The molecule has 0 saturated carbocycles. The predicted molar refractivity (Wildman–Crippen MR) is 120 cm³/mol. The average molecular weight is 423 g/mol. The van der Waals surface area contributed by atoms with Crippen LogP contribution in [0.15, 0.2) is 96.1 Å². The Bertz CT molecular complexity index is 1310. The van der Waals surface area contributed by atoms with Crippen molar-refractivity contribution in [1.29, 1.82) is 0 Å². The summed E-state index contributed by atoms with van der Waals surface area (Å²) in [6.07, 6.45) is 8.45. The summed E-state index contributed by atoms with van der Waals surface area (Å²) in [5, 5.41) is 5.30. The van der Waals surface area contributed by atoms with Gasteiger partial charge in [0.1, 0.15) is 5.76 Å². The topological polar surface area (TPSA) is 77.1 Å². The zero-order chi connectivity index (χ0) is 21.8. The maximum absolute atomic E-state index is 13.4. The molecule has 1 amide bonds. The van der Waals surface area contributed by atoms with Crippen molar-refractivity contribution in [3.8, 4) is 0 Å². The molecule has 4 aromatic heterocycles. The highest BCUT2D eigenvalue weighted by atomic mass is 16.3. The van der Waals surface area contributed by atoms with E-state index in [0.29, 0.717) is 31.0 Å². The van der Waals surface area contributed by atoms with E-state index in [1.54, 1.807) is 36.0 Å². The van der Waals surface area contributed by atoms with E-state index in [1.165, 1.54) is 0 Å². The van der Waals surface area contributed by atoms with Crippen LogP contribution in [-0.2, 0) is 19.6 Å².